The van der Waals surface area contributed by atoms with Crippen LogP contribution in [-0.4, -0.2) is 12.5 Å². The molecule has 1 fully saturated rings. The Labute approximate surface area is 123 Å². The van der Waals surface area contributed by atoms with Crippen LogP contribution in [0.1, 0.15) is 44.1 Å². The number of benzene rings is 1. The van der Waals surface area contributed by atoms with Gasteiger partial charge in [0.2, 0.25) is 5.91 Å². The van der Waals surface area contributed by atoms with E-state index in [4.69, 9.17) is 5.73 Å². The molecule has 1 amide bonds. The monoisotopic (exact) mass is 296 g/mol. The summed E-state index contributed by atoms with van der Waals surface area (Å²) in [6.45, 7) is 0.286. The molecule has 2 rings (SSSR count). The normalized spacial score (nSPS) is 18.0. The van der Waals surface area contributed by atoms with Crippen molar-refractivity contribution in [2.45, 2.75) is 45.1 Å². The van der Waals surface area contributed by atoms with Gasteiger partial charge in [0.1, 0.15) is 11.6 Å². The quantitative estimate of drug-likeness (QED) is 0.839. The minimum absolute atomic E-state index is 0.00975. The number of hydrogen-bond donors (Lipinski definition) is 2. The molecule has 1 aromatic rings. The highest BCUT2D eigenvalue weighted by molar-refractivity contribution is 5.82. The molecule has 1 aliphatic carbocycles. The summed E-state index contributed by atoms with van der Waals surface area (Å²) in [5.41, 5.74) is 5.44. The van der Waals surface area contributed by atoms with Gasteiger partial charge in [0.15, 0.2) is 0 Å². The third kappa shape index (κ3) is 3.79. The van der Waals surface area contributed by atoms with E-state index in [2.05, 4.69) is 5.32 Å². The fraction of sp³-hybridized carbons (Fsp3) is 0.562. The van der Waals surface area contributed by atoms with E-state index >= 15 is 0 Å². The van der Waals surface area contributed by atoms with E-state index in [1.165, 1.54) is 0 Å². The van der Waals surface area contributed by atoms with E-state index in [9.17, 15) is 13.6 Å². The largest absolute Gasteiger partial charge is 0.351 e. The van der Waals surface area contributed by atoms with Gasteiger partial charge in [-0.25, -0.2) is 8.78 Å². The summed E-state index contributed by atoms with van der Waals surface area (Å²) < 4.78 is 26.7. The van der Waals surface area contributed by atoms with Crippen molar-refractivity contribution < 1.29 is 13.6 Å². The standard InChI is InChI=1S/C16H22F2N2O/c17-13-5-6-14(18)12(9-13)10-20-15(21)16(11-19)7-3-1-2-4-8-16/h5-6,9H,1-4,7-8,10-11,19H2,(H,20,21). The highest BCUT2D eigenvalue weighted by Crippen LogP contribution is 2.34. The maximum atomic E-state index is 13.6. The van der Waals surface area contributed by atoms with E-state index in [-0.39, 0.29) is 18.0 Å². The van der Waals surface area contributed by atoms with Gasteiger partial charge in [-0.05, 0) is 31.0 Å². The molecular weight excluding hydrogens is 274 g/mol. The van der Waals surface area contributed by atoms with Crippen molar-refractivity contribution in [3.63, 3.8) is 0 Å². The Morgan fingerprint density at radius 3 is 2.48 bits per heavy atom. The number of hydrogen-bond acceptors (Lipinski definition) is 2. The number of nitrogens with one attached hydrogen (secondary N) is 1. The highest BCUT2D eigenvalue weighted by atomic mass is 19.1. The maximum Gasteiger partial charge on any atom is 0.227 e. The molecule has 5 heteroatoms. The van der Waals surface area contributed by atoms with Crippen LogP contribution in [0.2, 0.25) is 0 Å². The van der Waals surface area contributed by atoms with Gasteiger partial charge < -0.3 is 11.1 Å². The molecule has 0 atom stereocenters. The van der Waals surface area contributed by atoms with Crippen LogP contribution in [-0.2, 0) is 11.3 Å². The van der Waals surface area contributed by atoms with Crippen LogP contribution in [0, 0.1) is 17.0 Å². The summed E-state index contributed by atoms with van der Waals surface area (Å²) in [6, 6.07) is 3.24. The number of halogens is 2. The summed E-state index contributed by atoms with van der Waals surface area (Å²) in [5.74, 6) is -1.17. The van der Waals surface area contributed by atoms with E-state index in [0.29, 0.717) is 6.54 Å². The fourth-order valence-electron chi connectivity index (χ4n) is 2.97. The maximum absolute atomic E-state index is 13.6. The SMILES string of the molecule is NCC1(C(=O)NCc2cc(F)ccc2F)CCCCCC1. The number of rotatable bonds is 4. The number of amides is 1. The van der Waals surface area contributed by atoms with Crippen LogP contribution < -0.4 is 11.1 Å². The molecule has 0 unspecified atom stereocenters. The second kappa shape index (κ2) is 6.98. The second-order valence-corrected chi connectivity index (χ2v) is 5.82. The van der Waals surface area contributed by atoms with Crippen molar-refractivity contribution in [2.24, 2.45) is 11.1 Å². The lowest BCUT2D eigenvalue weighted by molar-refractivity contribution is -0.131. The van der Waals surface area contributed by atoms with Crippen LogP contribution in [0.5, 0.6) is 0 Å². The molecule has 1 saturated carbocycles. The van der Waals surface area contributed by atoms with Gasteiger partial charge in [-0.1, -0.05) is 25.7 Å². The lowest BCUT2D eigenvalue weighted by Crippen LogP contribution is -2.45. The summed E-state index contributed by atoms with van der Waals surface area (Å²) in [6.07, 6.45) is 5.74. The zero-order chi connectivity index (χ0) is 15.3. The molecule has 1 aromatic carbocycles. The molecule has 0 radical (unpaired) electrons. The molecule has 0 heterocycles. The van der Waals surface area contributed by atoms with Crippen molar-refractivity contribution in [1.82, 2.24) is 5.32 Å². The molecular formula is C16H22F2N2O. The average Bonchev–Trinajstić information content (AvgIpc) is 2.74. The first-order valence-electron chi connectivity index (χ1n) is 7.50. The van der Waals surface area contributed by atoms with Crippen molar-refractivity contribution in [1.29, 1.82) is 0 Å². The second-order valence-electron chi connectivity index (χ2n) is 5.82. The lowest BCUT2D eigenvalue weighted by atomic mass is 9.79. The van der Waals surface area contributed by atoms with Gasteiger partial charge in [0, 0.05) is 18.7 Å². The zero-order valence-corrected chi connectivity index (χ0v) is 12.1. The van der Waals surface area contributed by atoms with Gasteiger partial charge in [-0.15, -0.1) is 0 Å². The van der Waals surface area contributed by atoms with Crippen molar-refractivity contribution in [2.75, 3.05) is 6.54 Å². The Kier molecular flexibility index (Phi) is 5.28. The van der Waals surface area contributed by atoms with Crippen LogP contribution >= 0.6 is 0 Å². The Bertz CT molecular complexity index is 497. The predicted octanol–water partition coefficient (Wildman–Crippen LogP) is 2.88. The van der Waals surface area contributed by atoms with Crippen LogP contribution in [0.15, 0.2) is 18.2 Å². The molecule has 0 saturated heterocycles. The van der Waals surface area contributed by atoms with Gasteiger partial charge in [0.05, 0.1) is 5.41 Å². The Hall–Kier alpha value is -1.49. The fourth-order valence-corrected chi connectivity index (χ4v) is 2.97. The first-order valence-corrected chi connectivity index (χ1v) is 7.50. The van der Waals surface area contributed by atoms with Crippen molar-refractivity contribution >= 4 is 5.91 Å². The van der Waals surface area contributed by atoms with Crippen LogP contribution in [0.3, 0.4) is 0 Å². The van der Waals surface area contributed by atoms with E-state index in [1.54, 1.807) is 0 Å². The van der Waals surface area contributed by atoms with E-state index in [0.717, 1.165) is 56.7 Å². The number of carbonyl (C=O) groups excluding carboxylic acids is 1. The zero-order valence-electron chi connectivity index (χ0n) is 12.1. The summed E-state index contributed by atoms with van der Waals surface area (Å²) in [5, 5.41) is 2.73. The number of carbonyl (C=O) groups is 1. The summed E-state index contributed by atoms with van der Waals surface area (Å²) >= 11 is 0. The van der Waals surface area contributed by atoms with E-state index in [1.807, 2.05) is 0 Å². The lowest BCUT2D eigenvalue weighted by Gasteiger charge is -2.29. The van der Waals surface area contributed by atoms with E-state index < -0.39 is 17.0 Å². The molecule has 21 heavy (non-hydrogen) atoms. The van der Waals surface area contributed by atoms with Gasteiger partial charge in [-0.2, -0.15) is 0 Å². The predicted molar refractivity (Wildman–Crippen MR) is 77.4 cm³/mol. The minimum atomic E-state index is -0.555. The third-order valence-electron chi connectivity index (χ3n) is 4.38. The molecule has 0 spiro atoms. The first kappa shape index (κ1) is 15.9. The van der Waals surface area contributed by atoms with Gasteiger partial charge in [0.25, 0.3) is 0 Å². The average molecular weight is 296 g/mol. The molecule has 3 nitrogen and oxygen atoms in total. The van der Waals surface area contributed by atoms with Gasteiger partial charge >= 0.3 is 0 Å². The Morgan fingerprint density at radius 1 is 1.19 bits per heavy atom. The summed E-state index contributed by atoms with van der Waals surface area (Å²) in [4.78, 5) is 12.5. The van der Waals surface area contributed by atoms with Crippen LogP contribution in [0.4, 0.5) is 8.78 Å². The third-order valence-corrected chi connectivity index (χ3v) is 4.38. The van der Waals surface area contributed by atoms with Crippen molar-refractivity contribution in [3.8, 4) is 0 Å². The number of nitrogens with two attached hydrogens (primary N) is 1. The summed E-state index contributed by atoms with van der Waals surface area (Å²) in [7, 11) is 0. The Balaban J connectivity index is 2.04. The van der Waals surface area contributed by atoms with Gasteiger partial charge in [-0.3, -0.25) is 4.79 Å². The molecule has 0 aliphatic heterocycles. The molecule has 1 aliphatic rings. The van der Waals surface area contributed by atoms with Crippen LogP contribution in [0.25, 0.3) is 0 Å². The molecule has 0 bridgehead atoms. The van der Waals surface area contributed by atoms with Crippen molar-refractivity contribution in [3.05, 3.63) is 35.4 Å². The topological polar surface area (TPSA) is 55.1 Å². The Morgan fingerprint density at radius 2 is 1.86 bits per heavy atom. The smallest absolute Gasteiger partial charge is 0.227 e. The highest BCUT2D eigenvalue weighted by Gasteiger charge is 2.36. The molecule has 116 valence electrons. The molecule has 0 aromatic heterocycles. The first-order chi connectivity index (χ1) is 10.1. The minimum Gasteiger partial charge on any atom is -0.351 e. The molecule has 3 N–H and O–H groups in total.